The summed E-state index contributed by atoms with van der Waals surface area (Å²) in [5.41, 5.74) is 0. The van der Waals surface area contributed by atoms with Crippen LogP contribution < -0.4 is 0 Å². The summed E-state index contributed by atoms with van der Waals surface area (Å²) in [5, 5.41) is 0. The number of hydrogen-bond acceptors (Lipinski definition) is 1. The highest BCUT2D eigenvalue weighted by Gasteiger charge is 2.25. The Morgan fingerprint density at radius 2 is 2.20 bits per heavy atom. The Labute approximate surface area is 64.4 Å². The third kappa shape index (κ3) is 2.70. The summed E-state index contributed by atoms with van der Waals surface area (Å²) < 4.78 is 0. The molecule has 1 saturated carbocycles. The van der Waals surface area contributed by atoms with Crippen molar-refractivity contribution in [2.75, 3.05) is 7.05 Å². The predicted octanol–water partition coefficient (Wildman–Crippen LogP) is 2.43. The molecule has 0 heterocycles. The van der Waals surface area contributed by atoms with E-state index in [1.165, 1.54) is 32.1 Å². The topological polar surface area (TPSA) is 3.24 Å². The van der Waals surface area contributed by atoms with Gasteiger partial charge >= 0.3 is 0 Å². The molecule has 1 radical (unpaired) electrons. The first-order valence-corrected chi connectivity index (χ1v) is 4.40. The molecule has 0 spiro atoms. The van der Waals surface area contributed by atoms with Gasteiger partial charge in [0.1, 0.15) is 0 Å². The Balaban J connectivity index is 1.90. The normalized spacial score (nSPS) is 18.3. The van der Waals surface area contributed by atoms with Crippen molar-refractivity contribution in [3.8, 4) is 0 Å². The molecule has 0 amide bonds. The van der Waals surface area contributed by atoms with Crippen molar-refractivity contribution in [1.82, 2.24) is 4.90 Å². The minimum atomic E-state index is 0.900. The maximum Gasteiger partial charge on any atom is 0.0251 e. The van der Waals surface area contributed by atoms with Crippen molar-refractivity contribution in [2.24, 2.45) is 0 Å². The van der Waals surface area contributed by atoms with E-state index >= 15 is 0 Å². The molecule has 0 aromatic heterocycles. The molecule has 0 aromatic rings. The molecule has 10 heavy (non-hydrogen) atoms. The molecule has 1 nitrogen and oxygen atoms in total. The maximum atomic E-state index is 2.38. The van der Waals surface area contributed by atoms with E-state index < -0.39 is 0 Å². The van der Waals surface area contributed by atoms with E-state index in [1.807, 2.05) is 0 Å². The smallest absolute Gasteiger partial charge is 0.0251 e. The van der Waals surface area contributed by atoms with Crippen molar-refractivity contribution in [1.29, 1.82) is 0 Å². The monoisotopic (exact) mass is 140 g/mol. The van der Waals surface area contributed by atoms with Gasteiger partial charge in [-0.15, -0.1) is 0 Å². The van der Waals surface area contributed by atoms with Gasteiger partial charge in [0.15, 0.2) is 0 Å². The van der Waals surface area contributed by atoms with Gasteiger partial charge in [-0.1, -0.05) is 19.8 Å². The molecule has 0 aliphatic heterocycles. The number of nitrogens with zero attached hydrogens (tertiary/aromatic N) is 1. The molecule has 0 saturated heterocycles. The summed E-state index contributed by atoms with van der Waals surface area (Å²) in [6.45, 7) is 4.59. The largest absolute Gasteiger partial charge is 0.299 e. The zero-order valence-electron chi connectivity index (χ0n) is 7.14. The van der Waals surface area contributed by atoms with Crippen LogP contribution in [0.4, 0.5) is 0 Å². The van der Waals surface area contributed by atoms with Gasteiger partial charge in [-0.25, -0.2) is 0 Å². The average Bonchev–Trinajstić information content (AvgIpc) is 2.69. The summed E-state index contributed by atoms with van der Waals surface area (Å²) in [7, 11) is 2.20. The van der Waals surface area contributed by atoms with Crippen LogP contribution >= 0.6 is 0 Å². The fraction of sp³-hybridized carbons (Fsp3) is 0.889. The molecule has 0 N–H and O–H groups in total. The second-order valence-corrected chi connectivity index (χ2v) is 3.22. The lowest BCUT2D eigenvalue weighted by Crippen LogP contribution is -2.16. The van der Waals surface area contributed by atoms with Crippen molar-refractivity contribution in [3.05, 3.63) is 6.54 Å². The highest BCUT2D eigenvalue weighted by Crippen LogP contribution is 2.26. The van der Waals surface area contributed by atoms with E-state index in [9.17, 15) is 0 Å². The lowest BCUT2D eigenvalue weighted by Gasteiger charge is -2.13. The van der Waals surface area contributed by atoms with Gasteiger partial charge in [-0.3, -0.25) is 4.90 Å². The van der Waals surface area contributed by atoms with Crippen molar-refractivity contribution in [2.45, 2.75) is 45.1 Å². The van der Waals surface area contributed by atoms with Crippen LogP contribution in [-0.2, 0) is 0 Å². The van der Waals surface area contributed by atoms with E-state index in [2.05, 4.69) is 25.4 Å². The molecule has 1 aliphatic carbocycles. The second-order valence-electron chi connectivity index (χ2n) is 3.22. The Bertz CT molecular complexity index is 86.7. The summed E-state index contributed by atoms with van der Waals surface area (Å²) in [6.07, 6.45) is 6.76. The van der Waals surface area contributed by atoms with E-state index in [4.69, 9.17) is 0 Å². The standard InChI is InChI=1S/C9H18N/c1-3-4-5-8-10(2)9-6-7-9/h8-9H,3-7H2,1-2H3. The van der Waals surface area contributed by atoms with Gasteiger partial charge in [0.2, 0.25) is 0 Å². The third-order valence-corrected chi connectivity index (χ3v) is 2.10. The van der Waals surface area contributed by atoms with Crippen LogP contribution in [0.1, 0.15) is 39.0 Å². The van der Waals surface area contributed by atoms with Crippen molar-refractivity contribution >= 4 is 0 Å². The van der Waals surface area contributed by atoms with Gasteiger partial charge in [-0.05, 0) is 26.3 Å². The molecule has 0 bridgehead atoms. The van der Waals surface area contributed by atoms with Crippen LogP contribution in [0.2, 0.25) is 0 Å². The van der Waals surface area contributed by atoms with Gasteiger partial charge < -0.3 is 0 Å². The Hall–Kier alpha value is -0.0400. The first kappa shape index (κ1) is 8.06. The lowest BCUT2D eigenvalue weighted by molar-refractivity contribution is 0.378. The van der Waals surface area contributed by atoms with Crippen molar-refractivity contribution < 1.29 is 0 Å². The highest BCUT2D eigenvalue weighted by molar-refractivity contribution is 4.85. The Kier molecular flexibility index (Phi) is 3.20. The molecule has 1 aliphatic rings. The van der Waals surface area contributed by atoms with Crippen LogP contribution in [0.5, 0.6) is 0 Å². The van der Waals surface area contributed by atoms with E-state index in [-0.39, 0.29) is 0 Å². The van der Waals surface area contributed by atoms with Crippen molar-refractivity contribution in [3.63, 3.8) is 0 Å². The minimum absolute atomic E-state index is 0.900. The molecule has 59 valence electrons. The number of hydrogen-bond donors (Lipinski definition) is 0. The zero-order chi connectivity index (χ0) is 7.40. The van der Waals surface area contributed by atoms with Crippen LogP contribution in [0.15, 0.2) is 0 Å². The molecule has 1 heteroatoms. The van der Waals surface area contributed by atoms with Crippen LogP contribution in [0, 0.1) is 6.54 Å². The van der Waals surface area contributed by atoms with Gasteiger partial charge in [-0.2, -0.15) is 0 Å². The highest BCUT2D eigenvalue weighted by atomic mass is 15.1. The third-order valence-electron chi connectivity index (χ3n) is 2.10. The molecule has 0 atom stereocenters. The van der Waals surface area contributed by atoms with Gasteiger partial charge in [0, 0.05) is 12.6 Å². The van der Waals surface area contributed by atoms with Gasteiger partial charge in [0.05, 0.1) is 0 Å². The number of unbranched alkanes of at least 4 members (excludes halogenated alkanes) is 2. The predicted molar refractivity (Wildman–Crippen MR) is 44.6 cm³/mol. The van der Waals surface area contributed by atoms with E-state index in [0.717, 1.165) is 6.04 Å². The zero-order valence-corrected chi connectivity index (χ0v) is 7.14. The molecule has 1 rings (SSSR count). The van der Waals surface area contributed by atoms with E-state index in [0.29, 0.717) is 0 Å². The molecular weight excluding hydrogens is 122 g/mol. The first-order chi connectivity index (χ1) is 4.84. The van der Waals surface area contributed by atoms with Crippen LogP contribution in [-0.4, -0.2) is 18.0 Å². The molecular formula is C9H18N. The Morgan fingerprint density at radius 3 is 2.70 bits per heavy atom. The van der Waals surface area contributed by atoms with Crippen LogP contribution in [0.3, 0.4) is 0 Å². The maximum absolute atomic E-state index is 2.38. The fourth-order valence-electron chi connectivity index (χ4n) is 1.13. The van der Waals surface area contributed by atoms with Crippen LogP contribution in [0.25, 0.3) is 0 Å². The second kappa shape index (κ2) is 3.97. The fourth-order valence-corrected chi connectivity index (χ4v) is 1.13. The first-order valence-electron chi connectivity index (χ1n) is 4.40. The van der Waals surface area contributed by atoms with E-state index in [1.54, 1.807) is 0 Å². The number of rotatable bonds is 5. The summed E-state index contributed by atoms with van der Waals surface area (Å²) >= 11 is 0. The van der Waals surface area contributed by atoms with Gasteiger partial charge in [0.25, 0.3) is 0 Å². The lowest BCUT2D eigenvalue weighted by atomic mass is 10.2. The summed E-state index contributed by atoms with van der Waals surface area (Å²) in [6, 6.07) is 0.900. The quantitative estimate of drug-likeness (QED) is 0.530. The summed E-state index contributed by atoms with van der Waals surface area (Å²) in [4.78, 5) is 2.38. The minimum Gasteiger partial charge on any atom is -0.299 e. The average molecular weight is 140 g/mol. The summed E-state index contributed by atoms with van der Waals surface area (Å²) in [5.74, 6) is 0. The Morgan fingerprint density at radius 1 is 1.50 bits per heavy atom. The molecule has 0 aromatic carbocycles. The molecule has 0 unspecified atom stereocenters. The SMILES string of the molecule is CCCC[CH]N(C)C1CC1. The molecule has 1 fully saturated rings.